The molecule has 6 nitrogen and oxygen atoms in total. The fourth-order valence-electron chi connectivity index (χ4n) is 4.67. The van der Waals surface area contributed by atoms with Crippen LogP contribution in [0.15, 0.2) is 48.9 Å². The van der Waals surface area contributed by atoms with Crippen molar-refractivity contribution in [1.82, 2.24) is 25.1 Å². The minimum Gasteiger partial charge on any atom is -0.346 e. The second kappa shape index (κ2) is 8.25. The third-order valence-corrected chi connectivity index (χ3v) is 6.70. The second-order valence-electron chi connectivity index (χ2n) is 8.74. The van der Waals surface area contributed by atoms with Crippen LogP contribution in [0.25, 0.3) is 22.2 Å². The molecule has 10 heteroatoms. The van der Waals surface area contributed by atoms with Crippen molar-refractivity contribution in [2.45, 2.75) is 24.7 Å². The summed E-state index contributed by atoms with van der Waals surface area (Å²) < 4.78 is 45.4. The monoisotopic (exact) mass is 484 g/mol. The Bertz CT molecular complexity index is 1390. The van der Waals surface area contributed by atoms with Gasteiger partial charge in [0.25, 0.3) is 0 Å². The highest BCUT2D eigenvalue weighted by atomic mass is 35.5. The average Bonchev–Trinajstić information content (AvgIpc) is 3.40. The summed E-state index contributed by atoms with van der Waals surface area (Å²) in [5.74, 6) is -0.698. The van der Waals surface area contributed by atoms with Gasteiger partial charge >= 0.3 is 0 Å². The van der Waals surface area contributed by atoms with Gasteiger partial charge in [0.2, 0.25) is 0 Å². The van der Waals surface area contributed by atoms with Crippen molar-refractivity contribution in [3.8, 4) is 11.1 Å². The number of hydrogen-bond acceptors (Lipinski definition) is 5. The number of benzene rings is 1. The topological polar surface area (TPSA) is 58.9 Å². The Morgan fingerprint density at radius 3 is 2.71 bits per heavy atom. The summed E-state index contributed by atoms with van der Waals surface area (Å²) in [5, 5.41) is 8.14. The molecule has 4 aromatic rings. The van der Waals surface area contributed by atoms with Crippen LogP contribution in [0.5, 0.6) is 0 Å². The summed E-state index contributed by atoms with van der Waals surface area (Å²) in [7, 11) is 0. The number of fused-ring (bicyclic) bond motifs is 1. The van der Waals surface area contributed by atoms with Crippen LogP contribution in [0.4, 0.5) is 19.0 Å². The Labute approximate surface area is 198 Å². The molecule has 2 aliphatic rings. The maximum Gasteiger partial charge on any atom is 0.138 e. The molecule has 2 atom stereocenters. The largest absolute Gasteiger partial charge is 0.346 e. The molecule has 0 bridgehead atoms. The summed E-state index contributed by atoms with van der Waals surface area (Å²) >= 11 is 6.15. The first kappa shape index (κ1) is 21.4. The summed E-state index contributed by atoms with van der Waals surface area (Å²) in [6.07, 6.45) is 4.01. The number of halogens is 4. The molecule has 0 spiro atoms. The van der Waals surface area contributed by atoms with Gasteiger partial charge in [-0.2, -0.15) is 5.10 Å². The van der Waals surface area contributed by atoms with Gasteiger partial charge in [-0.25, -0.2) is 18.2 Å². The van der Waals surface area contributed by atoms with Crippen LogP contribution in [-0.2, 0) is 0 Å². The lowest BCUT2D eigenvalue weighted by Crippen LogP contribution is -2.43. The number of pyridine rings is 2. The van der Waals surface area contributed by atoms with Crippen LogP contribution in [0.1, 0.15) is 24.1 Å². The lowest BCUT2D eigenvalue weighted by molar-refractivity contribution is 0.318. The van der Waals surface area contributed by atoms with Crippen LogP contribution in [-0.4, -0.2) is 45.6 Å². The number of hydrogen-bond donors (Lipinski definition) is 1. The number of nitrogens with one attached hydrogen (secondary N) is 1. The molecule has 34 heavy (non-hydrogen) atoms. The van der Waals surface area contributed by atoms with Gasteiger partial charge in [0.05, 0.1) is 40.9 Å². The van der Waals surface area contributed by atoms with Crippen LogP contribution in [0.2, 0.25) is 5.02 Å². The smallest absolute Gasteiger partial charge is 0.138 e. The minimum atomic E-state index is -1.22. The Kier molecular flexibility index (Phi) is 5.18. The van der Waals surface area contributed by atoms with E-state index in [9.17, 15) is 13.2 Å². The molecule has 0 saturated carbocycles. The van der Waals surface area contributed by atoms with E-state index in [4.69, 9.17) is 16.6 Å². The van der Waals surface area contributed by atoms with Crippen molar-refractivity contribution in [2.24, 2.45) is 0 Å². The highest BCUT2D eigenvalue weighted by Crippen LogP contribution is 2.42. The van der Waals surface area contributed by atoms with Crippen molar-refractivity contribution in [1.29, 1.82) is 0 Å². The number of anilines is 1. The van der Waals surface area contributed by atoms with Gasteiger partial charge in [0.1, 0.15) is 23.6 Å². The van der Waals surface area contributed by atoms with Crippen molar-refractivity contribution in [3.05, 3.63) is 71.1 Å². The van der Waals surface area contributed by atoms with Crippen LogP contribution in [0.3, 0.4) is 0 Å². The van der Waals surface area contributed by atoms with Crippen LogP contribution >= 0.6 is 11.6 Å². The molecule has 6 rings (SSSR count). The molecule has 0 amide bonds. The zero-order valence-corrected chi connectivity index (χ0v) is 18.7. The minimum absolute atomic E-state index is 0.000797. The van der Waals surface area contributed by atoms with Gasteiger partial charge in [-0.05, 0) is 30.3 Å². The van der Waals surface area contributed by atoms with Gasteiger partial charge in [-0.15, -0.1) is 0 Å². The van der Waals surface area contributed by atoms with Gasteiger partial charge in [0, 0.05) is 48.6 Å². The van der Waals surface area contributed by atoms with Gasteiger partial charge < -0.3 is 10.2 Å². The summed E-state index contributed by atoms with van der Waals surface area (Å²) in [6.45, 7) is 1.67. The number of nitrogens with zero attached hydrogens (tertiary/aromatic N) is 5. The van der Waals surface area contributed by atoms with Crippen molar-refractivity contribution < 1.29 is 13.2 Å². The molecule has 5 heterocycles. The van der Waals surface area contributed by atoms with E-state index in [0.29, 0.717) is 27.4 Å². The van der Waals surface area contributed by atoms with E-state index in [0.717, 1.165) is 36.9 Å². The molecule has 174 valence electrons. The van der Waals surface area contributed by atoms with E-state index in [1.165, 1.54) is 6.20 Å². The van der Waals surface area contributed by atoms with Crippen molar-refractivity contribution in [2.75, 3.05) is 24.5 Å². The maximum atomic E-state index is 14.8. The third kappa shape index (κ3) is 3.69. The fraction of sp³-hybridized carbons (Fsp3) is 0.292. The average molecular weight is 485 g/mol. The molecule has 1 aromatic carbocycles. The molecule has 0 radical (unpaired) electrons. The zero-order chi connectivity index (χ0) is 23.4. The standard InChI is InChI=1S/C24H20ClF3N6/c25-14-3-22-21(30-8-14)6-18(13-7-31-34(11-13)17-9-29-10-17)24(32-22)33-12-16(27)5-23(33)19-4-15(26)1-2-20(19)28/h1-4,6-8,11,16-17,23,29H,5,9-10,12H2/t16-,23+/m0/s1. The predicted molar refractivity (Wildman–Crippen MR) is 124 cm³/mol. The summed E-state index contributed by atoms with van der Waals surface area (Å²) in [6, 6.07) is 6.35. The molecule has 1 N–H and O–H groups in total. The quantitative estimate of drug-likeness (QED) is 0.448. The normalized spacial score (nSPS) is 20.8. The molecule has 2 aliphatic heterocycles. The maximum absolute atomic E-state index is 14.8. The molecule has 2 saturated heterocycles. The van der Waals surface area contributed by atoms with Crippen molar-refractivity contribution >= 4 is 28.5 Å². The van der Waals surface area contributed by atoms with E-state index >= 15 is 0 Å². The molecular weight excluding hydrogens is 465 g/mol. The van der Waals surface area contributed by atoms with E-state index in [-0.39, 0.29) is 24.6 Å². The number of alkyl halides is 1. The van der Waals surface area contributed by atoms with Gasteiger partial charge in [-0.3, -0.25) is 9.67 Å². The molecule has 2 fully saturated rings. The first-order valence-electron chi connectivity index (χ1n) is 11.0. The Morgan fingerprint density at radius 2 is 1.91 bits per heavy atom. The first-order valence-corrected chi connectivity index (χ1v) is 11.4. The SMILES string of the molecule is Fc1ccc(F)c([C@H]2C[C@H](F)CN2c2nc3cc(Cl)cnc3cc2-c2cnn(C3CNC3)c2)c1. The number of aromatic nitrogens is 4. The second-order valence-corrected chi connectivity index (χ2v) is 9.18. The highest BCUT2D eigenvalue weighted by molar-refractivity contribution is 6.31. The van der Waals surface area contributed by atoms with E-state index in [2.05, 4.69) is 15.4 Å². The lowest BCUT2D eigenvalue weighted by atomic mass is 10.0. The Morgan fingerprint density at radius 1 is 1.06 bits per heavy atom. The molecule has 0 unspecified atom stereocenters. The summed E-state index contributed by atoms with van der Waals surface area (Å²) in [5.41, 5.74) is 2.73. The summed E-state index contributed by atoms with van der Waals surface area (Å²) in [4.78, 5) is 10.9. The van der Waals surface area contributed by atoms with Gasteiger partial charge in [-0.1, -0.05) is 11.6 Å². The van der Waals surface area contributed by atoms with Crippen LogP contribution in [0, 0.1) is 11.6 Å². The number of rotatable bonds is 4. The van der Waals surface area contributed by atoms with E-state index in [1.54, 1.807) is 17.2 Å². The Balaban J connectivity index is 1.52. The lowest BCUT2D eigenvalue weighted by Gasteiger charge is -2.28. The fourth-order valence-corrected chi connectivity index (χ4v) is 4.82. The molecule has 3 aromatic heterocycles. The zero-order valence-electron chi connectivity index (χ0n) is 17.9. The first-order chi connectivity index (χ1) is 16.5. The van der Waals surface area contributed by atoms with Crippen molar-refractivity contribution in [3.63, 3.8) is 0 Å². The van der Waals surface area contributed by atoms with Gasteiger partial charge in [0.15, 0.2) is 0 Å². The van der Waals surface area contributed by atoms with E-state index in [1.807, 2.05) is 16.9 Å². The van der Waals surface area contributed by atoms with E-state index < -0.39 is 23.8 Å². The molecule has 0 aliphatic carbocycles. The highest BCUT2D eigenvalue weighted by Gasteiger charge is 2.37. The molecular formula is C24H20ClF3N6. The predicted octanol–water partition coefficient (Wildman–Crippen LogP) is 4.86. The van der Waals surface area contributed by atoms with Crippen LogP contribution < -0.4 is 10.2 Å². The third-order valence-electron chi connectivity index (χ3n) is 6.50. The Hall–Kier alpha value is -3.17.